The lowest BCUT2D eigenvalue weighted by molar-refractivity contribution is -0.385. The number of nitrogens with zero attached hydrogens (tertiary/aromatic N) is 1. The lowest BCUT2D eigenvalue weighted by atomic mass is 9.89. The van der Waals surface area contributed by atoms with Gasteiger partial charge in [-0.2, -0.15) is 13.2 Å². The number of aromatic hydroxyl groups is 8. The molecule has 0 aliphatic heterocycles. The van der Waals surface area contributed by atoms with Crippen LogP contribution in [0.4, 0.5) is 35.9 Å². The van der Waals surface area contributed by atoms with Crippen LogP contribution in [0.15, 0.2) is 150 Å². The van der Waals surface area contributed by atoms with Crippen LogP contribution in [0.1, 0.15) is 416 Å². The molecular formula is C111H152BrCl3F3N5O12. The number of nitro benzene ring substituents is 1. The summed E-state index contributed by atoms with van der Waals surface area (Å²) in [5.41, 5.74) is 37.0. The molecule has 24 heteroatoms. The number of rotatable bonds is 21. The van der Waals surface area contributed by atoms with Gasteiger partial charge in [0.05, 0.1) is 4.92 Å². The highest BCUT2D eigenvalue weighted by molar-refractivity contribution is 9.10. The van der Waals surface area contributed by atoms with Crippen LogP contribution in [0, 0.1) is 10.1 Å². The Morgan fingerprint density at radius 3 is 0.719 bits per heavy atom. The highest BCUT2D eigenvalue weighted by Gasteiger charge is 2.39. The predicted molar refractivity (Wildman–Crippen MR) is 565 cm³/mol. The normalized spacial score (nSPS) is 11.3. The van der Waals surface area contributed by atoms with Crippen LogP contribution in [0.25, 0.3) is 22.3 Å². The van der Waals surface area contributed by atoms with Crippen molar-refractivity contribution in [1.29, 1.82) is 0 Å². The summed E-state index contributed by atoms with van der Waals surface area (Å²) in [4.78, 5) is 32.5. The summed E-state index contributed by atoms with van der Waals surface area (Å²) in [5.74, 6) is 3.86. The zero-order valence-electron chi connectivity index (χ0n) is 85.2. The molecule has 0 fully saturated rings. The molecule has 0 saturated carbocycles. The molecule has 742 valence electrons. The number of benzene rings is 10. The third-order valence-corrected chi connectivity index (χ3v) is 23.6. The molecule has 0 spiro atoms. The summed E-state index contributed by atoms with van der Waals surface area (Å²) in [7, 11) is 0. The van der Waals surface area contributed by atoms with Crippen molar-refractivity contribution in [3.63, 3.8) is 0 Å². The van der Waals surface area contributed by atoms with Crippen molar-refractivity contribution >= 4 is 86.1 Å². The van der Waals surface area contributed by atoms with Gasteiger partial charge in [0.2, 0.25) is 5.91 Å². The van der Waals surface area contributed by atoms with Crippen molar-refractivity contribution in [3.8, 4) is 68.2 Å². The molecule has 17 nitrogen and oxygen atoms in total. The standard InChI is InChI=1S/C19H23NO2.C18H21ClO.C14H18F3NO2.C12H17BrO.C12H17ClO.C12H17NO3.2C12H19NO.ClH/c1-11(2)16-9-15(10-17(12(3)4)18(16)21)13-5-7-14(8-6-13)19(20)22;1-11(2)16-9-14(10-17(12(3)4)18(16)20)13-5-7-15(19)8-6-13;1-7(2)10-5-9(18-13(20)14(15,16)17)6-11(8(3)4)12(10)19;2*1-7(2)10-5-9(13)6-11(8(3)4)12(10)14;1-7(2)10-5-9(13(15)16)6-11(8(3)4)12(10)14;2*1-7(2)10-5-9(13)6-11(8(3)4)12(10)14;/h5-12,21H,1-4H3,(H2,20,22);5-12,20H,1-4H3;5-8,19H,1-4H3,(H,18,20);2*5-8,14H,1-4H3;5-8,14H,1-4H3;2*5-8,14H,13H2,1-4H3;1H. The molecule has 2 amide bonds. The molecule has 0 bridgehead atoms. The Hall–Kier alpha value is -10.3. The Morgan fingerprint density at radius 1 is 0.319 bits per heavy atom. The molecule has 135 heavy (non-hydrogen) atoms. The molecule has 10 aromatic rings. The number of primary amides is 1. The number of halogens is 7. The van der Waals surface area contributed by atoms with Crippen molar-refractivity contribution in [2.75, 3.05) is 16.8 Å². The summed E-state index contributed by atoms with van der Waals surface area (Å²) < 4.78 is 37.9. The average Bonchev–Trinajstić information content (AvgIpc) is 0.792. The number of nitrogens with two attached hydrogens (primary N) is 3. The van der Waals surface area contributed by atoms with E-state index in [0.717, 1.165) is 110 Å². The number of phenols is 8. The number of nitrogen functional groups attached to an aromatic ring is 2. The van der Waals surface area contributed by atoms with Gasteiger partial charge in [0, 0.05) is 60.4 Å². The molecular weight excluding hydrogens is 1840 g/mol. The summed E-state index contributed by atoms with van der Waals surface area (Å²) >= 11 is 15.4. The third-order valence-electron chi connectivity index (χ3n) is 22.7. The van der Waals surface area contributed by atoms with Crippen LogP contribution in [0.5, 0.6) is 46.0 Å². The van der Waals surface area contributed by atoms with Crippen LogP contribution < -0.4 is 22.5 Å². The van der Waals surface area contributed by atoms with E-state index in [-0.39, 0.29) is 70.8 Å². The van der Waals surface area contributed by atoms with Gasteiger partial charge >= 0.3 is 12.1 Å². The summed E-state index contributed by atoms with van der Waals surface area (Å²) in [6.45, 7) is 64.6. The monoisotopic (exact) mass is 1990 g/mol. The maximum Gasteiger partial charge on any atom is 0.471 e. The maximum atomic E-state index is 12.3. The first kappa shape index (κ1) is 121. The maximum absolute atomic E-state index is 12.3. The Balaban J connectivity index is 0.000000525. The van der Waals surface area contributed by atoms with E-state index in [0.29, 0.717) is 127 Å². The van der Waals surface area contributed by atoms with Crippen molar-refractivity contribution < 1.29 is 68.5 Å². The highest BCUT2D eigenvalue weighted by Crippen LogP contribution is 2.46. The van der Waals surface area contributed by atoms with E-state index in [2.05, 4.69) is 194 Å². The summed E-state index contributed by atoms with van der Waals surface area (Å²) in [6.07, 6.45) is -4.94. The Bertz CT molecular complexity index is 5040. The van der Waals surface area contributed by atoms with E-state index in [9.17, 15) is 73.7 Å². The number of non-ortho nitro benzene ring substituents is 1. The van der Waals surface area contributed by atoms with Crippen LogP contribution in [-0.4, -0.2) is 63.8 Å². The van der Waals surface area contributed by atoms with Crippen molar-refractivity contribution in [2.45, 2.75) is 322 Å². The molecule has 0 saturated heterocycles. The van der Waals surface area contributed by atoms with Gasteiger partial charge in [-0.15, -0.1) is 12.4 Å². The van der Waals surface area contributed by atoms with Crippen LogP contribution >= 0.6 is 51.5 Å². The van der Waals surface area contributed by atoms with Gasteiger partial charge in [-0.1, -0.05) is 285 Å². The fourth-order valence-corrected chi connectivity index (χ4v) is 15.5. The topological polar surface area (TPSA) is 329 Å². The van der Waals surface area contributed by atoms with Crippen LogP contribution in [0.2, 0.25) is 10.0 Å². The Morgan fingerprint density at radius 2 is 0.511 bits per heavy atom. The zero-order valence-corrected chi connectivity index (χ0v) is 89.1. The minimum absolute atomic E-state index is 0. The van der Waals surface area contributed by atoms with E-state index < -0.39 is 22.9 Å². The molecule has 0 aliphatic carbocycles. The van der Waals surface area contributed by atoms with Gasteiger partial charge in [-0.05, 0) is 304 Å². The van der Waals surface area contributed by atoms with E-state index in [4.69, 9.17) is 40.4 Å². The average molecular weight is 1990 g/mol. The number of nitrogens with one attached hydrogen (secondary N) is 1. The number of hydrogen-bond donors (Lipinski definition) is 12. The third kappa shape index (κ3) is 35.3. The SMILES string of the molecule is CC(C)c1cc(-c2ccc(C(N)=O)cc2)cc(C(C)C)c1O.CC(C)c1cc(-c2ccc(Cl)cc2)cc(C(C)C)c1O.CC(C)c1cc(Br)cc(C(C)C)c1O.CC(C)c1cc(Cl)cc(C(C)C)c1O.CC(C)c1cc(N)cc(C(C)C)c1O.CC(C)c1cc(N)cc(C(C)C)c1O.CC(C)c1cc(NC(=O)C(F)(F)F)cc(C(C)C)c1O.CC(C)c1cc([N+](=O)[O-])cc(C(C)C)c1O.Cl. The number of carbonyl (C=O) groups excluding carboxylic acids is 2. The molecule has 15 N–H and O–H groups in total. The van der Waals surface area contributed by atoms with Gasteiger partial charge in [-0.25, -0.2) is 0 Å². The fourth-order valence-electron chi connectivity index (χ4n) is 14.6. The molecule has 0 atom stereocenters. The van der Waals surface area contributed by atoms with Gasteiger partial charge < -0.3 is 63.4 Å². The second-order valence-corrected chi connectivity index (χ2v) is 40.9. The molecule has 10 aromatic carbocycles. The minimum Gasteiger partial charge on any atom is -0.507 e. The molecule has 0 unspecified atom stereocenters. The molecule has 0 radical (unpaired) electrons. The van der Waals surface area contributed by atoms with Crippen LogP contribution in [0.3, 0.4) is 0 Å². The number of amides is 2. The van der Waals surface area contributed by atoms with Crippen molar-refractivity contribution in [2.24, 2.45) is 5.73 Å². The number of alkyl halides is 3. The first-order chi connectivity index (χ1) is 61.8. The molecule has 10 rings (SSSR count). The van der Waals surface area contributed by atoms with Crippen LogP contribution in [-0.2, 0) is 4.79 Å². The van der Waals surface area contributed by atoms with Gasteiger partial charge in [-0.3, -0.25) is 19.7 Å². The lowest BCUT2D eigenvalue weighted by Gasteiger charge is -2.18. The first-order valence-corrected chi connectivity index (χ1v) is 47.8. The number of nitro groups is 1. The van der Waals surface area contributed by atoms with Gasteiger partial charge in [0.15, 0.2) is 0 Å². The second-order valence-electron chi connectivity index (χ2n) is 39.1. The molecule has 0 aliphatic rings. The number of hydrogen-bond acceptors (Lipinski definition) is 14. The fraction of sp³-hybridized carbons (Fsp3) is 0.441. The Kier molecular flexibility index (Phi) is 48.3. The van der Waals surface area contributed by atoms with E-state index in [1.165, 1.54) is 24.3 Å². The second kappa shape index (κ2) is 54.0. The van der Waals surface area contributed by atoms with Crippen molar-refractivity contribution in [3.05, 3.63) is 265 Å². The van der Waals surface area contributed by atoms with Gasteiger partial charge in [0.25, 0.3) is 5.69 Å². The number of carbonyl (C=O) groups is 2. The minimum atomic E-state index is -4.94. The van der Waals surface area contributed by atoms with E-state index in [1.54, 1.807) is 12.1 Å². The highest BCUT2D eigenvalue weighted by atomic mass is 79.9. The number of anilines is 3. The van der Waals surface area contributed by atoms with E-state index >= 15 is 0 Å². The summed E-state index contributed by atoms with van der Waals surface area (Å²) in [5, 5.41) is 95.1. The zero-order chi connectivity index (χ0) is 103. The largest absolute Gasteiger partial charge is 0.507 e. The Labute approximate surface area is 827 Å². The molecule has 0 aromatic heterocycles. The van der Waals surface area contributed by atoms with Crippen molar-refractivity contribution in [1.82, 2.24) is 0 Å². The smallest absolute Gasteiger partial charge is 0.471 e. The van der Waals surface area contributed by atoms with E-state index in [1.807, 2.05) is 158 Å². The summed E-state index contributed by atoms with van der Waals surface area (Å²) in [6, 6.07) is 44.0. The predicted octanol–water partition coefficient (Wildman–Crippen LogP) is 33.6. The quantitative estimate of drug-likeness (QED) is 0.0138. The first-order valence-electron chi connectivity index (χ1n) is 46.3. The molecule has 0 heterocycles. The number of phenolic OH excluding ortho intramolecular Hbond substituents is 8. The lowest BCUT2D eigenvalue weighted by Crippen LogP contribution is -2.30. The van der Waals surface area contributed by atoms with Gasteiger partial charge in [0.1, 0.15) is 46.0 Å².